The van der Waals surface area contributed by atoms with E-state index in [1.165, 1.54) is 12.8 Å². The highest BCUT2D eigenvalue weighted by Gasteiger charge is 2.22. The molecule has 3 heteroatoms. The summed E-state index contributed by atoms with van der Waals surface area (Å²) in [6, 6.07) is 7.58. The highest BCUT2D eigenvalue weighted by molar-refractivity contribution is 5.39. The van der Waals surface area contributed by atoms with Gasteiger partial charge in [-0.2, -0.15) is 0 Å². The van der Waals surface area contributed by atoms with Crippen molar-refractivity contribution < 1.29 is 14.6 Å². The summed E-state index contributed by atoms with van der Waals surface area (Å²) in [6.07, 6.45) is 2.55. The molecule has 0 aliphatic heterocycles. The van der Waals surface area contributed by atoms with Crippen LogP contribution < -0.4 is 9.47 Å². The molecular formula is C12H16O3. The van der Waals surface area contributed by atoms with E-state index in [4.69, 9.17) is 14.6 Å². The van der Waals surface area contributed by atoms with E-state index in [1.54, 1.807) is 0 Å². The highest BCUT2D eigenvalue weighted by atomic mass is 16.5. The van der Waals surface area contributed by atoms with Gasteiger partial charge in [0.15, 0.2) is 11.5 Å². The van der Waals surface area contributed by atoms with Gasteiger partial charge in [-0.15, -0.1) is 0 Å². The van der Waals surface area contributed by atoms with Crippen LogP contribution >= 0.6 is 0 Å². The molecule has 2 rings (SSSR count). The molecule has 0 heterocycles. The van der Waals surface area contributed by atoms with Crippen molar-refractivity contribution in [2.45, 2.75) is 12.8 Å². The minimum atomic E-state index is 0.0248. The highest BCUT2D eigenvalue weighted by Crippen LogP contribution is 2.32. The van der Waals surface area contributed by atoms with Gasteiger partial charge >= 0.3 is 0 Å². The summed E-state index contributed by atoms with van der Waals surface area (Å²) >= 11 is 0. The van der Waals surface area contributed by atoms with Gasteiger partial charge in [0.05, 0.1) is 13.2 Å². The van der Waals surface area contributed by atoms with Crippen LogP contribution in [0.1, 0.15) is 12.8 Å². The van der Waals surface area contributed by atoms with Crippen molar-refractivity contribution in [3.8, 4) is 11.5 Å². The number of aliphatic hydroxyl groups is 1. The monoisotopic (exact) mass is 208 g/mol. The second-order valence-corrected chi connectivity index (χ2v) is 3.77. The Morgan fingerprint density at radius 2 is 1.80 bits per heavy atom. The van der Waals surface area contributed by atoms with E-state index in [-0.39, 0.29) is 6.61 Å². The molecule has 0 bridgehead atoms. The first-order valence-electron chi connectivity index (χ1n) is 5.35. The molecule has 0 amide bonds. The van der Waals surface area contributed by atoms with E-state index >= 15 is 0 Å². The van der Waals surface area contributed by atoms with Crippen molar-refractivity contribution in [2.75, 3.05) is 19.8 Å². The van der Waals surface area contributed by atoms with Crippen LogP contribution in [0.25, 0.3) is 0 Å². The van der Waals surface area contributed by atoms with Gasteiger partial charge in [-0.3, -0.25) is 0 Å². The average molecular weight is 208 g/mol. The maximum absolute atomic E-state index is 8.68. The molecule has 0 saturated heterocycles. The molecule has 15 heavy (non-hydrogen) atoms. The molecule has 1 N–H and O–H groups in total. The van der Waals surface area contributed by atoms with Crippen LogP contribution in [0.3, 0.4) is 0 Å². The number of rotatable bonds is 6. The van der Waals surface area contributed by atoms with Gasteiger partial charge < -0.3 is 14.6 Å². The Bertz CT molecular complexity index is 307. The number of hydrogen-bond donors (Lipinski definition) is 1. The standard InChI is InChI=1S/C12H16O3/c13-7-8-14-11-3-1-2-4-12(11)15-9-10-5-6-10/h1-4,10,13H,5-9H2. The van der Waals surface area contributed by atoms with Crippen LogP contribution in [0.2, 0.25) is 0 Å². The van der Waals surface area contributed by atoms with Crippen LogP contribution in [0.4, 0.5) is 0 Å². The van der Waals surface area contributed by atoms with Gasteiger partial charge in [0.2, 0.25) is 0 Å². The van der Waals surface area contributed by atoms with Gasteiger partial charge in [0.25, 0.3) is 0 Å². The van der Waals surface area contributed by atoms with E-state index in [9.17, 15) is 0 Å². The summed E-state index contributed by atoms with van der Waals surface area (Å²) in [5.74, 6) is 2.22. The minimum absolute atomic E-state index is 0.0248. The first-order chi connectivity index (χ1) is 7.40. The molecule has 1 aromatic carbocycles. The third-order valence-electron chi connectivity index (χ3n) is 2.37. The van der Waals surface area contributed by atoms with Crippen LogP contribution in [-0.2, 0) is 0 Å². The lowest BCUT2D eigenvalue weighted by atomic mass is 10.3. The topological polar surface area (TPSA) is 38.7 Å². The van der Waals surface area contributed by atoms with Gasteiger partial charge in [-0.05, 0) is 30.9 Å². The first-order valence-corrected chi connectivity index (χ1v) is 5.35. The number of benzene rings is 1. The van der Waals surface area contributed by atoms with Crippen LogP contribution in [-0.4, -0.2) is 24.9 Å². The number of hydrogen-bond acceptors (Lipinski definition) is 3. The zero-order valence-electron chi connectivity index (χ0n) is 8.69. The molecule has 3 nitrogen and oxygen atoms in total. The molecule has 0 radical (unpaired) electrons. The quantitative estimate of drug-likeness (QED) is 0.775. The van der Waals surface area contributed by atoms with Gasteiger partial charge in [0, 0.05) is 0 Å². The smallest absolute Gasteiger partial charge is 0.161 e. The molecule has 1 fully saturated rings. The Kier molecular flexibility index (Phi) is 3.45. The Morgan fingerprint density at radius 3 is 2.40 bits per heavy atom. The Balaban J connectivity index is 1.93. The van der Waals surface area contributed by atoms with E-state index in [0.717, 1.165) is 18.3 Å². The number of ether oxygens (including phenoxy) is 2. The molecule has 0 atom stereocenters. The van der Waals surface area contributed by atoms with Crippen molar-refractivity contribution in [1.82, 2.24) is 0 Å². The van der Waals surface area contributed by atoms with Gasteiger partial charge in [0.1, 0.15) is 6.61 Å². The van der Waals surface area contributed by atoms with Crippen molar-refractivity contribution in [2.24, 2.45) is 5.92 Å². The van der Waals surface area contributed by atoms with Crippen molar-refractivity contribution in [3.63, 3.8) is 0 Å². The minimum Gasteiger partial charge on any atom is -0.489 e. The molecule has 0 spiro atoms. The fourth-order valence-corrected chi connectivity index (χ4v) is 1.34. The van der Waals surface area contributed by atoms with Crippen LogP contribution in [0.5, 0.6) is 11.5 Å². The largest absolute Gasteiger partial charge is 0.489 e. The number of para-hydroxylation sites is 2. The Hall–Kier alpha value is -1.22. The third-order valence-corrected chi connectivity index (χ3v) is 2.37. The van der Waals surface area contributed by atoms with Crippen LogP contribution in [0, 0.1) is 5.92 Å². The summed E-state index contributed by atoms with van der Waals surface area (Å²) in [4.78, 5) is 0. The third kappa shape index (κ3) is 3.13. The van der Waals surface area contributed by atoms with E-state index < -0.39 is 0 Å². The Labute approximate surface area is 89.6 Å². The lowest BCUT2D eigenvalue weighted by Crippen LogP contribution is -2.05. The number of aliphatic hydroxyl groups excluding tert-OH is 1. The predicted molar refractivity (Wildman–Crippen MR) is 57.2 cm³/mol. The zero-order chi connectivity index (χ0) is 10.5. The second kappa shape index (κ2) is 5.03. The summed E-state index contributed by atoms with van der Waals surface area (Å²) in [7, 11) is 0. The first kappa shape index (κ1) is 10.3. The summed E-state index contributed by atoms with van der Waals surface area (Å²) in [6.45, 7) is 1.11. The van der Waals surface area contributed by atoms with Crippen LogP contribution in [0.15, 0.2) is 24.3 Å². The fourth-order valence-electron chi connectivity index (χ4n) is 1.34. The van der Waals surface area contributed by atoms with Crippen molar-refractivity contribution in [1.29, 1.82) is 0 Å². The van der Waals surface area contributed by atoms with Crippen molar-refractivity contribution >= 4 is 0 Å². The molecule has 1 saturated carbocycles. The normalized spacial score (nSPS) is 15.0. The summed E-state index contributed by atoms with van der Waals surface area (Å²) < 4.78 is 11.0. The molecular weight excluding hydrogens is 192 g/mol. The molecule has 1 aromatic rings. The van der Waals surface area contributed by atoms with Gasteiger partial charge in [-0.1, -0.05) is 12.1 Å². The summed E-state index contributed by atoms with van der Waals surface area (Å²) in [5, 5.41) is 8.68. The maximum Gasteiger partial charge on any atom is 0.161 e. The van der Waals surface area contributed by atoms with E-state index in [2.05, 4.69) is 0 Å². The average Bonchev–Trinajstić information content (AvgIpc) is 3.08. The lowest BCUT2D eigenvalue weighted by Gasteiger charge is -2.11. The summed E-state index contributed by atoms with van der Waals surface area (Å²) in [5.41, 5.74) is 0. The van der Waals surface area contributed by atoms with E-state index in [1.807, 2.05) is 24.3 Å². The fraction of sp³-hybridized carbons (Fsp3) is 0.500. The lowest BCUT2D eigenvalue weighted by molar-refractivity contribution is 0.192. The predicted octanol–water partition coefficient (Wildman–Crippen LogP) is 1.85. The molecule has 1 aliphatic carbocycles. The zero-order valence-corrected chi connectivity index (χ0v) is 8.69. The molecule has 1 aliphatic rings. The van der Waals surface area contributed by atoms with Gasteiger partial charge in [-0.25, -0.2) is 0 Å². The van der Waals surface area contributed by atoms with E-state index in [0.29, 0.717) is 12.4 Å². The molecule has 0 aromatic heterocycles. The SMILES string of the molecule is OCCOc1ccccc1OCC1CC1. The molecule has 0 unspecified atom stereocenters. The maximum atomic E-state index is 8.68. The Morgan fingerprint density at radius 1 is 1.13 bits per heavy atom. The van der Waals surface area contributed by atoms with Crippen molar-refractivity contribution in [3.05, 3.63) is 24.3 Å². The molecule has 82 valence electrons. The second-order valence-electron chi connectivity index (χ2n) is 3.77.